The van der Waals surface area contributed by atoms with Gasteiger partial charge < -0.3 is 5.32 Å². The molecule has 0 saturated heterocycles. The minimum absolute atomic E-state index is 0.778. The average Bonchev–Trinajstić information content (AvgIpc) is 2.30. The van der Waals surface area contributed by atoms with Crippen LogP contribution in [0.2, 0.25) is 0 Å². The second kappa shape index (κ2) is 14.4. The fourth-order valence-corrected chi connectivity index (χ4v) is 2.61. The molecule has 0 aliphatic rings. The highest BCUT2D eigenvalue weighted by molar-refractivity contribution is 7.99. The zero-order valence-corrected chi connectivity index (χ0v) is 13.1. The van der Waals surface area contributed by atoms with Gasteiger partial charge in [0.1, 0.15) is 0 Å². The van der Waals surface area contributed by atoms with Crippen LogP contribution in [0.4, 0.5) is 0 Å². The summed E-state index contributed by atoms with van der Waals surface area (Å²) in [7, 11) is 0. The second-order valence-electron chi connectivity index (χ2n) is 5.14. The van der Waals surface area contributed by atoms with Crippen molar-refractivity contribution in [1.82, 2.24) is 5.32 Å². The average molecular weight is 260 g/mol. The minimum Gasteiger partial charge on any atom is -0.316 e. The van der Waals surface area contributed by atoms with E-state index in [1.54, 1.807) is 0 Å². The molecule has 2 heteroatoms. The summed E-state index contributed by atoms with van der Waals surface area (Å²) in [4.78, 5) is 0. The molecule has 0 fully saturated rings. The van der Waals surface area contributed by atoms with Gasteiger partial charge in [-0.15, -0.1) is 0 Å². The lowest BCUT2D eigenvalue weighted by Gasteiger charge is -2.06. The molecule has 104 valence electrons. The standard InChI is InChI=1S/C15H33NS/c1-4-5-6-7-8-9-10-11-12-16-13-14-17-15(2)3/h15-16H,4-14H2,1-3H3. The topological polar surface area (TPSA) is 12.0 Å². The summed E-state index contributed by atoms with van der Waals surface area (Å²) in [5.74, 6) is 1.26. The van der Waals surface area contributed by atoms with E-state index in [2.05, 4.69) is 26.1 Å². The molecular formula is C15H33NS. The fraction of sp³-hybridized carbons (Fsp3) is 1.00. The lowest BCUT2D eigenvalue weighted by Crippen LogP contribution is -2.18. The van der Waals surface area contributed by atoms with E-state index in [0.29, 0.717) is 0 Å². The number of hydrogen-bond donors (Lipinski definition) is 1. The highest BCUT2D eigenvalue weighted by atomic mass is 32.2. The first-order valence-corrected chi connectivity index (χ1v) is 8.64. The van der Waals surface area contributed by atoms with Crippen LogP contribution < -0.4 is 5.32 Å². The van der Waals surface area contributed by atoms with Gasteiger partial charge in [-0.25, -0.2) is 0 Å². The number of unbranched alkanes of at least 4 members (excludes halogenated alkanes) is 7. The Hall–Kier alpha value is 0.310. The summed E-state index contributed by atoms with van der Waals surface area (Å²) >= 11 is 2.05. The van der Waals surface area contributed by atoms with E-state index < -0.39 is 0 Å². The summed E-state index contributed by atoms with van der Waals surface area (Å²) in [6.45, 7) is 9.21. The van der Waals surface area contributed by atoms with Gasteiger partial charge in [0.25, 0.3) is 0 Å². The van der Waals surface area contributed by atoms with Crippen molar-refractivity contribution in [3.8, 4) is 0 Å². The van der Waals surface area contributed by atoms with Gasteiger partial charge in [0.05, 0.1) is 0 Å². The number of thioether (sulfide) groups is 1. The maximum atomic E-state index is 3.53. The zero-order valence-electron chi connectivity index (χ0n) is 12.3. The fourth-order valence-electron chi connectivity index (χ4n) is 1.88. The van der Waals surface area contributed by atoms with Crippen LogP contribution in [0.25, 0.3) is 0 Å². The van der Waals surface area contributed by atoms with Gasteiger partial charge in [-0.3, -0.25) is 0 Å². The summed E-state index contributed by atoms with van der Waals surface area (Å²) in [5, 5.41) is 4.31. The molecule has 0 aliphatic heterocycles. The Morgan fingerprint density at radius 3 is 2.00 bits per heavy atom. The van der Waals surface area contributed by atoms with Gasteiger partial charge in [-0.2, -0.15) is 11.8 Å². The van der Waals surface area contributed by atoms with E-state index in [-0.39, 0.29) is 0 Å². The first kappa shape index (κ1) is 17.3. The smallest absolute Gasteiger partial charge is 0.00606 e. The SMILES string of the molecule is CCCCCCCCCCNCCSC(C)C. The van der Waals surface area contributed by atoms with Crippen LogP contribution in [0.3, 0.4) is 0 Å². The molecule has 17 heavy (non-hydrogen) atoms. The van der Waals surface area contributed by atoms with Crippen LogP contribution in [-0.2, 0) is 0 Å². The molecule has 0 aromatic heterocycles. The van der Waals surface area contributed by atoms with Gasteiger partial charge in [0.2, 0.25) is 0 Å². The van der Waals surface area contributed by atoms with Crippen LogP contribution in [0.1, 0.15) is 72.1 Å². The Kier molecular flexibility index (Phi) is 14.6. The Morgan fingerprint density at radius 2 is 1.41 bits per heavy atom. The molecule has 0 aromatic carbocycles. The highest BCUT2D eigenvalue weighted by Crippen LogP contribution is 2.08. The Labute approximate surface area is 114 Å². The predicted octanol–water partition coefficient (Wildman–Crippen LogP) is 4.86. The summed E-state index contributed by atoms with van der Waals surface area (Å²) < 4.78 is 0. The van der Waals surface area contributed by atoms with Crippen molar-refractivity contribution in [3.63, 3.8) is 0 Å². The third-order valence-electron chi connectivity index (χ3n) is 2.94. The minimum atomic E-state index is 0.778. The third kappa shape index (κ3) is 16.3. The van der Waals surface area contributed by atoms with Crippen molar-refractivity contribution in [1.29, 1.82) is 0 Å². The van der Waals surface area contributed by atoms with Gasteiger partial charge in [0, 0.05) is 12.3 Å². The van der Waals surface area contributed by atoms with E-state index >= 15 is 0 Å². The normalized spacial score (nSPS) is 11.3. The van der Waals surface area contributed by atoms with Crippen molar-refractivity contribution >= 4 is 11.8 Å². The molecular weight excluding hydrogens is 226 g/mol. The van der Waals surface area contributed by atoms with Crippen molar-refractivity contribution in [2.24, 2.45) is 0 Å². The first-order valence-electron chi connectivity index (χ1n) is 7.59. The van der Waals surface area contributed by atoms with Gasteiger partial charge in [-0.05, 0) is 18.2 Å². The predicted molar refractivity (Wildman–Crippen MR) is 83.1 cm³/mol. The summed E-state index contributed by atoms with van der Waals surface area (Å²) in [5.41, 5.74) is 0. The first-order chi connectivity index (χ1) is 8.27. The van der Waals surface area contributed by atoms with Crippen molar-refractivity contribution in [2.45, 2.75) is 77.4 Å². The summed E-state index contributed by atoms with van der Waals surface area (Å²) in [6.07, 6.45) is 11.3. The Bertz CT molecular complexity index is 137. The lowest BCUT2D eigenvalue weighted by molar-refractivity contribution is 0.560. The maximum absolute atomic E-state index is 3.53. The number of hydrogen-bond acceptors (Lipinski definition) is 2. The van der Waals surface area contributed by atoms with E-state index in [9.17, 15) is 0 Å². The van der Waals surface area contributed by atoms with Crippen molar-refractivity contribution in [3.05, 3.63) is 0 Å². The molecule has 1 nitrogen and oxygen atoms in total. The Morgan fingerprint density at radius 1 is 0.824 bits per heavy atom. The maximum Gasteiger partial charge on any atom is 0.00606 e. The molecule has 0 rings (SSSR count). The number of rotatable bonds is 13. The molecule has 1 N–H and O–H groups in total. The van der Waals surface area contributed by atoms with E-state index in [1.165, 1.54) is 70.2 Å². The molecule has 0 saturated carbocycles. The van der Waals surface area contributed by atoms with Crippen LogP contribution in [0.5, 0.6) is 0 Å². The molecule has 0 bridgehead atoms. The molecule has 0 spiro atoms. The molecule has 0 aromatic rings. The van der Waals surface area contributed by atoms with E-state index in [0.717, 1.165) is 5.25 Å². The van der Waals surface area contributed by atoms with E-state index in [1.807, 2.05) is 11.8 Å². The van der Waals surface area contributed by atoms with Crippen LogP contribution in [0.15, 0.2) is 0 Å². The van der Waals surface area contributed by atoms with Crippen LogP contribution >= 0.6 is 11.8 Å². The van der Waals surface area contributed by atoms with Crippen molar-refractivity contribution in [2.75, 3.05) is 18.8 Å². The van der Waals surface area contributed by atoms with Gasteiger partial charge in [-0.1, -0.05) is 65.7 Å². The van der Waals surface area contributed by atoms with Gasteiger partial charge >= 0.3 is 0 Å². The summed E-state index contributed by atoms with van der Waals surface area (Å²) in [6, 6.07) is 0. The Balaban J connectivity index is 2.89. The molecule has 0 radical (unpaired) electrons. The van der Waals surface area contributed by atoms with Crippen molar-refractivity contribution < 1.29 is 0 Å². The molecule has 0 unspecified atom stereocenters. The molecule has 0 heterocycles. The molecule has 0 amide bonds. The quantitative estimate of drug-likeness (QED) is 0.474. The number of nitrogens with one attached hydrogen (secondary N) is 1. The largest absolute Gasteiger partial charge is 0.316 e. The van der Waals surface area contributed by atoms with Crippen LogP contribution in [-0.4, -0.2) is 24.1 Å². The highest BCUT2D eigenvalue weighted by Gasteiger charge is 1.94. The zero-order chi connectivity index (χ0) is 12.8. The van der Waals surface area contributed by atoms with Gasteiger partial charge in [0.15, 0.2) is 0 Å². The lowest BCUT2D eigenvalue weighted by atomic mass is 10.1. The molecule has 0 aliphatic carbocycles. The second-order valence-corrected chi connectivity index (χ2v) is 6.83. The van der Waals surface area contributed by atoms with Crippen LogP contribution in [0, 0.1) is 0 Å². The van der Waals surface area contributed by atoms with E-state index in [4.69, 9.17) is 0 Å². The monoisotopic (exact) mass is 259 g/mol. The molecule has 0 atom stereocenters. The third-order valence-corrected chi connectivity index (χ3v) is 4.04.